The van der Waals surface area contributed by atoms with Crippen molar-refractivity contribution in [2.45, 2.75) is 226 Å². The number of hydrogen-bond donors (Lipinski definition) is 0. The zero-order valence-electron chi connectivity index (χ0n) is 54.1. The van der Waals surface area contributed by atoms with Gasteiger partial charge in [0.1, 0.15) is 0 Å². The molecule has 0 unspecified atom stereocenters. The smallest absolute Gasteiger partial charge is 0.225 e. The summed E-state index contributed by atoms with van der Waals surface area (Å²) in [6, 6.07) is 10.6. The minimum atomic E-state index is 0.448. The first-order chi connectivity index (χ1) is 36.9. The zero-order valence-corrected chi connectivity index (χ0v) is 54.1. The predicted octanol–water partition coefficient (Wildman–Crippen LogP) is 14.6. The molecule has 0 aromatic carbocycles. The summed E-state index contributed by atoms with van der Waals surface area (Å²) >= 11 is 0. The van der Waals surface area contributed by atoms with Crippen LogP contribution in [0.15, 0.2) is 36.7 Å². The van der Waals surface area contributed by atoms with Gasteiger partial charge in [0, 0.05) is 82.9 Å². The molecule has 0 bridgehead atoms. The molecule has 78 heavy (non-hydrogen) atoms. The van der Waals surface area contributed by atoms with Gasteiger partial charge in [0.25, 0.3) is 0 Å². The minimum absolute atomic E-state index is 0.448. The van der Waals surface area contributed by atoms with E-state index in [4.69, 9.17) is 0 Å². The van der Waals surface area contributed by atoms with Gasteiger partial charge in [-0.2, -0.15) is 10.2 Å². The van der Waals surface area contributed by atoms with Gasteiger partial charge in [-0.1, -0.05) is 96.9 Å². The van der Waals surface area contributed by atoms with Gasteiger partial charge in [-0.05, 0) is 214 Å². The van der Waals surface area contributed by atoms with Gasteiger partial charge >= 0.3 is 0 Å². The van der Waals surface area contributed by atoms with Crippen molar-refractivity contribution in [3.63, 3.8) is 0 Å². The molecule has 12 nitrogen and oxygen atoms in total. The van der Waals surface area contributed by atoms with Crippen LogP contribution < -0.4 is 14.7 Å². The van der Waals surface area contributed by atoms with Gasteiger partial charge in [-0.15, -0.1) is 10.2 Å². The lowest BCUT2D eigenvalue weighted by Gasteiger charge is -2.37. The fourth-order valence-corrected chi connectivity index (χ4v) is 11.7. The number of hydrogen-bond acceptors (Lipinski definition) is 12. The van der Waals surface area contributed by atoms with Crippen LogP contribution >= 0.6 is 0 Å². The standard InChI is InChI=1S/2C15H25N3.C14H24N4.2C11H23N/c1-11(2)13-5-7-18(8-6-13)15-16-9-14(10-17-15)12(3)4;1-11(2)13-7-9-18(10-8-13)15-6-5-14(12(3)4)16-17-15;1-11(2)13-5-6-14(16-15-13)18-9-7-17(8-10-18)12(3)4;2*1-9(2)11-5-7-12(8-6-11)10(3)4/h9-13H,5-8H2,1-4H3;5-6,11-13H,7-10H2,1-4H3;5-6,11-12H,7-10H2,1-4H3;2*9-11H,5-8H2,1-4H3. The largest absolute Gasteiger partial charge is 0.355 e. The summed E-state index contributed by atoms with van der Waals surface area (Å²) in [6.45, 7) is 59.5. The maximum atomic E-state index is 4.51. The number of piperazine rings is 1. The highest BCUT2D eigenvalue weighted by Gasteiger charge is 2.27. The molecule has 5 fully saturated rings. The molecule has 5 aliphatic heterocycles. The lowest BCUT2D eigenvalue weighted by molar-refractivity contribution is 0.129. The van der Waals surface area contributed by atoms with Crippen LogP contribution in [0.3, 0.4) is 0 Å². The lowest BCUT2D eigenvalue weighted by atomic mass is 9.86. The summed E-state index contributed by atoms with van der Waals surface area (Å²) < 4.78 is 0. The Hall–Kier alpha value is -3.48. The second kappa shape index (κ2) is 34.1. The summed E-state index contributed by atoms with van der Waals surface area (Å²) in [7, 11) is 0. The van der Waals surface area contributed by atoms with E-state index < -0.39 is 0 Å². The number of aromatic nitrogens is 6. The van der Waals surface area contributed by atoms with Crippen LogP contribution in [0.25, 0.3) is 0 Å². The number of nitrogens with zero attached hydrogens (tertiary/aromatic N) is 12. The SMILES string of the molecule is CC(C)C1CCN(C(C)C)CC1.CC(C)C1CCN(C(C)C)CC1.CC(C)c1ccc(N2CCC(C(C)C)CC2)nn1.CC(C)c1ccc(N2CCN(C(C)C)CC2)nn1.CC(C)c1cnc(N2CCC(C(C)C)CC2)nc1. The Bertz CT molecular complexity index is 1730. The number of piperidine rings is 4. The van der Waals surface area contributed by atoms with E-state index in [0.717, 1.165) is 141 Å². The van der Waals surface area contributed by atoms with Crippen molar-refractivity contribution in [2.24, 2.45) is 47.3 Å². The average molecular weight is 1080 g/mol. The summed E-state index contributed by atoms with van der Waals surface area (Å²) in [6.07, 6.45) is 14.7. The fourth-order valence-electron chi connectivity index (χ4n) is 11.7. The molecule has 444 valence electrons. The van der Waals surface area contributed by atoms with E-state index >= 15 is 0 Å². The third-order valence-electron chi connectivity index (χ3n) is 18.3. The quantitative estimate of drug-likeness (QED) is 0.163. The molecule has 5 aliphatic rings. The molecular weight excluding hydrogens is 961 g/mol. The molecule has 0 amide bonds. The van der Waals surface area contributed by atoms with Gasteiger partial charge in [-0.25, -0.2) is 9.97 Å². The fraction of sp³-hybridized carbons (Fsp3) is 0.818. The monoisotopic (exact) mass is 1080 g/mol. The van der Waals surface area contributed by atoms with Gasteiger partial charge in [0.2, 0.25) is 5.95 Å². The zero-order chi connectivity index (χ0) is 57.6. The normalized spacial score (nSPS) is 19.2. The molecule has 12 heteroatoms. The summed E-state index contributed by atoms with van der Waals surface area (Å²) in [4.78, 5) is 23.7. The van der Waals surface area contributed by atoms with Crippen LogP contribution in [0.5, 0.6) is 0 Å². The molecule has 0 saturated carbocycles. The molecule has 8 rings (SSSR count). The van der Waals surface area contributed by atoms with E-state index in [2.05, 4.69) is 223 Å². The van der Waals surface area contributed by atoms with Crippen LogP contribution in [-0.2, 0) is 0 Å². The Morgan fingerprint density at radius 2 is 0.615 bits per heavy atom. The number of rotatable bonds is 13. The van der Waals surface area contributed by atoms with Gasteiger partial charge < -0.3 is 24.5 Å². The van der Waals surface area contributed by atoms with Gasteiger partial charge in [0.05, 0.1) is 11.4 Å². The molecule has 0 atom stereocenters. The van der Waals surface area contributed by atoms with E-state index in [9.17, 15) is 0 Å². The number of likely N-dealkylation sites (tertiary alicyclic amines) is 2. The topological polar surface area (TPSA) is 96.8 Å². The van der Waals surface area contributed by atoms with Crippen LogP contribution in [-0.4, -0.2) is 142 Å². The van der Waals surface area contributed by atoms with Crippen molar-refractivity contribution in [1.29, 1.82) is 0 Å². The maximum absolute atomic E-state index is 4.51. The summed E-state index contributed by atoms with van der Waals surface area (Å²) in [5.74, 6) is 11.5. The Morgan fingerprint density at radius 1 is 0.321 bits per heavy atom. The molecule has 3 aromatic heterocycles. The van der Waals surface area contributed by atoms with E-state index in [0.29, 0.717) is 23.8 Å². The molecule has 0 radical (unpaired) electrons. The Balaban J connectivity index is 0.000000213. The van der Waals surface area contributed by atoms with Crippen LogP contribution in [0.1, 0.15) is 225 Å². The molecule has 5 saturated heterocycles. The first kappa shape index (κ1) is 67.0. The van der Waals surface area contributed by atoms with Crippen molar-refractivity contribution in [3.05, 3.63) is 53.6 Å². The van der Waals surface area contributed by atoms with E-state index in [1.807, 2.05) is 12.4 Å². The molecule has 3 aromatic rings. The van der Waals surface area contributed by atoms with Crippen molar-refractivity contribution >= 4 is 17.6 Å². The Morgan fingerprint density at radius 3 is 0.885 bits per heavy atom. The molecule has 0 spiro atoms. The van der Waals surface area contributed by atoms with E-state index in [1.165, 1.54) is 83.1 Å². The number of anilines is 3. The predicted molar refractivity (Wildman–Crippen MR) is 335 cm³/mol. The second-order valence-electron chi connectivity index (χ2n) is 27.1. The first-order valence-corrected chi connectivity index (χ1v) is 31.9. The summed E-state index contributed by atoms with van der Waals surface area (Å²) in [5, 5.41) is 17.3. The van der Waals surface area contributed by atoms with Gasteiger partial charge in [-0.3, -0.25) is 4.90 Å². The maximum Gasteiger partial charge on any atom is 0.225 e. The highest BCUT2D eigenvalue weighted by molar-refractivity contribution is 5.39. The van der Waals surface area contributed by atoms with E-state index in [-0.39, 0.29) is 0 Å². The van der Waals surface area contributed by atoms with Crippen LogP contribution in [0, 0.1) is 47.3 Å². The van der Waals surface area contributed by atoms with Crippen LogP contribution in [0.2, 0.25) is 0 Å². The highest BCUT2D eigenvalue weighted by atomic mass is 15.3. The molecule has 0 N–H and O–H groups in total. The van der Waals surface area contributed by atoms with Crippen molar-refractivity contribution in [3.8, 4) is 0 Å². The van der Waals surface area contributed by atoms with Crippen molar-refractivity contribution in [1.82, 2.24) is 45.1 Å². The third-order valence-corrected chi connectivity index (χ3v) is 18.3. The van der Waals surface area contributed by atoms with Crippen molar-refractivity contribution < 1.29 is 0 Å². The molecular formula is C66H120N12. The highest BCUT2D eigenvalue weighted by Crippen LogP contribution is 2.30. The van der Waals surface area contributed by atoms with Crippen molar-refractivity contribution in [2.75, 3.05) is 93.2 Å². The third kappa shape index (κ3) is 22.5. The second-order valence-corrected chi connectivity index (χ2v) is 27.1. The first-order valence-electron chi connectivity index (χ1n) is 31.9. The Labute approximate surface area is 480 Å². The molecule has 8 heterocycles. The minimum Gasteiger partial charge on any atom is -0.355 e. The Kier molecular flexibility index (Phi) is 29.3. The lowest BCUT2D eigenvalue weighted by Crippen LogP contribution is -2.49. The van der Waals surface area contributed by atoms with E-state index in [1.54, 1.807) is 0 Å². The van der Waals surface area contributed by atoms with Gasteiger partial charge in [0.15, 0.2) is 11.6 Å². The van der Waals surface area contributed by atoms with Crippen LogP contribution in [0.4, 0.5) is 17.6 Å². The average Bonchev–Trinajstić information content (AvgIpc) is 3.44. The molecule has 0 aliphatic carbocycles. The summed E-state index contributed by atoms with van der Waals surface area (Å²) in [5.41, 5.74) is 3.37.